The van der Waals surface area contributed by atoms with Gasteiger partial charge in [0.05, 0.1) is 0 Å². The zero-order valence-electron chi connectivity index (χ0n) is 13.7. The van der Waals surface area contributed by atoms with Crippen molar-refractivity contribution >= 4 is 0 Å². The molecule has 0 spiro atoms. The molecule has 0 aromatic carbocycles. The lowest BCUT2D eigenvalue weighted by molar-refractivity contribution is 0.234. The largest absolute Gasteiger partial charge is 0.317 e. The molecular formula is C16H35N5. The molecule has 5 heteroatoms. The Morgan fingerprint density at radius 3 is 1.48 bits per heavy atom. The first-order valence-corrected chi connectivity index (χ1v) is 9.02. The van der Waals surface area contributed by atoms with Crippen molar-refractivity contribution in [2.24, 2.45) is 0 Å². The van der Waals surface area contributed by atoms with E-state index >= 15 is 0 Å². The summed E-state index contributed by atoms with van der Waals surface area (Å²) in [5.41, 5.74) is 0. The molecule has 2 fully saturated rings. The standard InChI is InChI=1S/C16H35N5/c1(3-11-20-13-7-18-8-14-20)5-17-6-2-4-12-21-15-9-19-10-16-21/h17-19H,1-16H2. The summed E-state index contributed by atoms with van der Waals surface area (Å²) in [4.78, 5) is 5.17. The van der Waals surface area contributed by atoms with E-state index in [-0.39, 0.29) is 0 Å². The van der Waals surface area contributed by atoms with E-state index in [0.29, 0.717) is 0 Å². The van der Waals surface area contributed by atoms with Gasteiger partial charge in [0.15, 0.2) is 0 Å². The zero-order chi connectivity index (χ0) is 14.6. The minimum absolute atomic E-state index is 1.17. The number of nitrogens with one attached hydrogen (secondary N) is 3. The van der Waals surface area contributed by atoms with E-state index in [1.165, 1.54) is 104 Å². The highest BCUT2D eigenvalue weighted by atomic mass is 15.2. The Morgan fingerprint density at radius 1 is 0.619 bits per heavy atom. The molecular weight excluding hydrogens is 262 g/mol. The summed E-state index contributed by atoms with van der Waals surface area (Å²) < 4.78 is 0. The van der Waals surface area contributed by atoms with Crippen molar-refractivity contribution in [1.82, 2.24) is 25.8 Å². The van der Waals surface area contributed by atoms with Gasteiger partial charge in [-0.3, -0.25) is 0 Å². The quantitative estimate of drug-likeness (QED) is 0.493. The van der Waals surface area contributed by atoms with Crippen LogP contribution in [0.5, 0.6) is 0 Å². The molecule has 0 aromatic heterocycles. The van der Waals surface area contributed by atoms with Gasteiger partial charge in [-0.05, 0) is 51.9 Å². The topological polar surface area (TPSA) is 42.6 Å². The number of piperazine rings is 2. The molecule has 21 heavy (non-hydrogen) atoms. The Balaban J connectivity index is 1.30. The maximum atomic E-state index is 3.60. The summed E-state index contributed by atoms with van der Waals surface area (Å²) in [7, 11) is 0. The Kier molecular flexibility index (Phi) is 9.30. The van der Waals surface area contributed by atoms with Crippen LogP contribution in [0.1, 0.15) is 25.7 Å². The predicted molar refractivity (Wildman–Crippen MR) is 90.0 cm³/mol. The van der Waals surface area contributed by atoms with Crippen LogP contribution >= 0.6 is 0 Å². The molecule has 124 valence electrons. The van der Waals surface area contributed by atoms with Crippen molar-refractivity contribution in [3.63, 3.8) is 0 Å². The van der Waals surface area contributed by atoms with E-state index in [1.807, 2.05) is 0 Å². The molecule has 0 aromatic rings. The van der Waals surface area contributed by atoms with Crippen LogP contribution in [-0.2, 0) is 0 Å². The number of hydrogen-bond acceptors (Lipinski definition) is 5. The predicted octanol–water partition coefficient (Wildman–Crippen LogP) is -0.0532. The molecule has 2 aliphatic heterocycles. The molecule has 3 N–H and O–H groups in total. The van der Waals surface area contributed by atoms with Gasteiger partial charge < -0.3 is 25.8 Å². The van der Waals surface area contributed by atoms with Crippen LogP contribution in [0.2, 0.25) is 0 Å². The lowest BCUT2D eigenvalue weighted by Gasteiger charge is -2.27. The highest BCUT2D eigenvalue weighted by Crippen LogP contribution is 1.98. The fourth-order valence-electron chi connectivity index (χ4n) is 3.17. The van der Waals surface area contributed by atoms with Crippen LogP contribution in [0, 0.1) is 0 Å². The van der Waals surface area contributed by atoms with Gasteiger partial charge in [0.1, 0.15) is 0 Å². The van der Waals surface area contributed by atoms with Gasteiger partial charge in [0, 0.05) is 52.4 Å². The summed E-state index contributed by atoms with van der Waals surface area (Å²) in [6, 6.07) is 0. The van der Waals surface area contributed by atoms with Crippen molar-refractivity contribution in [3.8, 4) is 0 Å². The number of rotatable bonds is 10. The third-order valence-corrected chi connectivity index (χ3v) is 4.58. The van der Waals surface area contributed by atoms with Crippen molar-refractivity contribution in [2.45, 2.75) is 25.7 Å². The van der Waals surface area contributed by atoms with Gasteiger partial charge in [0.2, 0.25) is 0 Å². The fourth-order valence-corrected chi connectivity index (χ4v) is 3.17. The minimum atomic E-state index is 1.17. The summed E-state index contributed by atoms with van der Waals surface area (Å²) in [6.45, 7) is 14.6. The van der Waals surface area contributed by atoms with E-state index in [9.17, 15) is 0 Å². The molecule has 2 rings (SSSR count). The molecule has 2 heterocycles. The summed E-state index contributed by atoms with van der Waals surface area (Å²) in [5.74, 6) is 0. The van der Waals surface area contributed by atoms with E-state index < -0.39 is 0 Å². The second-order valence-corrected chi connectivity index (χ2v) is 6.35. The monoisotopic (exact) mass is 297 g/mol. The van der Waals surface area contributed by atoms with E-state index in [0.717, 1.165) is 0 Å². The highest BCUT2D eigenvalue weighted by Gasteiger charge is 2.08. The molecule has 0 unspecified atom stereocenters. The third-order valence-electron chi connectivity index (χ3n) is 4.58. The Labute approximate surface area is 130 Å². The average molecular weight is 297 g/mol. The SMILES string of the molecule is C(CCN1CCNCC1)CNCCCCN1CCNCC1. The number of nitrogens with zero attached hydrogens (tertiary/aromatic N) is 2. The van der Waals surface area contributed by atoms with Gasteiger partial charge in [-0.2, -0.15) is 0 Å². The molecule has 0 atom stereocenters. The summed E-state index contributed by atoms with van der Waals surface area (Å²) in [5, 5.41) is 10.4. The van der Waals surface area contributed by atoms with Gasteiger partial charge >= 0.3 is 0 Å². The van der Waals surface area contributed by atoms with Crippen LogP contribution in [0.25, 0.3) is 0 Å². The number of unbranched alkanes of at least 4 members (excludes halogenated alkanes) is 2. The molecule has 0 radical (unpaired) electrons. The summed E-state index contributed by atoms with van der Waals surface area (Å²) >= 11 is 0. The Hall–Kier alpha value is -0.200. The average Bonchev–Trinajstić information content (AvgIpc) is 2.55. The Morgan fingerprint density at radius 2 is 1.05 bits per heavy atom. The van der Waals surface area contributed by atoms with E-state index in [1.54, 1.807) is 0 Å². The molecule has 2 aliphatic rings. The normalized spacial score (nSPS) is 21.7. The van der Waals surface area contributed by atoms with Gasteiger partial charge in [-0.15, -0.1) is 0 Å². The zero-order valence-corrected chi connectivity index (χ0v) is 13.7. The van der Waals surface area contributed by atoms with Gasteiger partial charge in [-0.1, -0.05) is 0 Å². The van der Waals surface area contributed by atoms with Gasteiger partial charge in [-0.25, -0.2) is 0 Å². The molecule has 0 amide bonds. The lowest BCUT2D eigenvalue weighted by Crippen LogP contribution is -2.43. The number of hydrogen-bond donors (Lipinski definition) is 3. The van der Waals surface area contributed by atoms with Crippen molar-refractivity contribution in [3.05, 3.63) is 0 Å². The summed E-state index contributed by atoms with van der Waals surface area (Å²) in [6.07, 6.45) is 5.32. The van der Waals surface area contributed by atoms with Crippen LogP contribution in [-0.4, -0.2) is 88.3 Å². The maximum absolute atomic E-state index is 3.60. The van der Waals surface area contributed by atoms with Crippen LogP contribution in [0.4, 0.5) is 0 Å². The van der Waals surface area contributed by atoms with Crippen LogP contribution < -0.4 is 16.0 Å². The van der Waals surface area contributed by atoms with Crippen LogP contribution in [0.3, 0.4) is 0 Å². The van der Waals surface area contributed by atoms with E-state index in [4.69, 9.17) is 0 Å². The van der Waals surface area contributed by atoms with Crippen molar-refractivity contribution in [1.29, 1.82) is 0 Å². The smallest absolute Gasteiger partial charge is 0.0107 e. The first-order valence-electron chi connectivity index (χ1n) is 9.02. The third kappa shape index (κ3) is 8.12. The first kappa shape index (κ1) is 17.2. The molecule has 0 saturated carbocycles. The minimum Gasteiger partial charge on any atom is -0.317 e. The van der Waals surface area contributed by atoms with Crippen molar-refractivity contribution in [2.75, 3.05) is 78.5 Å². The lowest BCUT2D eigenvalue weighted by atomic mass is 10.2. The molecule has 2 saturated heterocycles. The first-order chi connectivity index (χ1) is 10.4. The highest BCUT2D eigenvalue weighted by molar-refractivity contribution is 4.68. The molecule has 5 nitrogen and oxygen atoms in total. The second-order valence-electron chi connectivity index (χ2n) is 6.35. The van der Waals surface area contributed by atoms with Crippen molar-refractivity contribution < 1.29 is 0 Å². The molecule has 0 bridgehead atoms. The van der Waals surface area contributed by atoms with Gasteiger partial charge in [0.25, 0.3) is 0 Å². The van der Waals surface area contributed by atoms with E-state index in [2.05, 4.69) is 25.8 Å². The Bertz CT molecular complexity index is 213. The van der Waals surface area contributed by atoms with Crippen LogP contribution in [0.15, 0.2) is 0 Å². The fraction of sp³-hybridized carbons (Fsp3) is 1.00. The molecule has 0 aliphatic carbocycles. The second kappa shape index (κ2) is 11.4. The maximum Gasteiger partial charge on any atom is 0.0107 e.